The van der Waals surface area contributed by atoms with Gasteiger partial charge in [-0.25, -0.2) is 4.79 Å². The van der Waals surface area contributed by atoms with Crippen molar-refractivity contribution in [2.45, 2.75) is 6.42 Å². The molecule has 1 aliphatic rings. The second-order valence-corrected chi connectivity index (χ2v) is 3.06. The third-order valence-corrected chi connectivity index (χ3v) is 2.08. The van der Waals surface area contributed by atoms with E-state index in [1.54, 1.807) is 0 Å². The van der Waals surface area contributed by atoms with Crippen LogP contribution in [0.25, 0.3) is 0 Å². The summed E-state index contributed by atoms with van der Waals surface area (Å²) in [4.78, 5) is 21.6. The SMILES string of the molecule is O=C1Cc2cc(C(=O)O)c(O)cc2N1. The highest BCUT2D eigenvalue weighted by Crippen LogP contribution is 2.30. The average molecular weight is 193 g/mol. The molecule has 1 amide bonds. The number of carboxylic acids is 1. The summed E-state index contributed by atoms with van der Waals surface area (Å²) < 4.78 is 0. The molecular formula is C9H7NO4. The molecule has 0 saturated carbocycles. The van der Waals surface area contributed by atoms with Crippen LogP contribution in [0.1, 0.15) is 15.9 Å². The molecular weight excluding hydrogens is 186 g/mol. The Morgan fingerprint density at radius 3 is 2.79 bits per heavy atom. The van der Waals surface area contributed by atoms with Gasteiger partial charge in [-0.3, -0.25) is 4.79 Å². The van der Waals surface area contributed by atoms with E-state index in [1.807, 2.05) is 0 Å². The summed E-state index contributed by atoms with van der Waals surface area (Å²) in [6.07, 6.45) is 0.163. The van der Waals surface area contributed by atoms with Gasteiger partial charge in [-0.1, -0.05) is 0 Å². The Balaban J connectivity index is 2.55. The van der Waals surface area contributed by atoms with Crippen LogP contribution in [-0.4, -0.2) is 22.1 Å². The number of carbonyl (C=O) groups excluding carboxylic acids is 1. The Morgan fingerprint density at radius 2 is 2.14 bits per heavy atom. The van der Waals surface area contributed by atoms with Crippen LogP contribution >= 0.6 is 0 Å². The maximum atomic E-state index is 11.0. The summed E-state index contributed by atoms with van der Waals surface area (Å²) >= 11 is 0. The van der Waals surface area contributed by atoms with Gasteiger partial charge in [0.1, 0.15) is 11.3 Å². The monoisotopic (exact) mass is 193 g/mol. The minimum atomic E-state index is -1.20. The first-order valence-corrected chi connectivity index (χ1v) is 3.97. The zero-order chi connectivity index (χ0) is 10.3. The maximum absolute atomic E-state index is 11.0. The highest BCUT2D eigenvalue weighted by Gasteiger charge is 2.21. The number of anilines is 1. The lowest BCUT2D eigenvalue weighted by Gasteiger charge is -2.02. The van der Waals surface area contributed by atoms with Crippen molar-refractivity contribution in [3.8, 4) is 5.75 Å². The van der Waals surface area contributed by atoms with Crippen molar-refractivity contribution < 1.29 is 19.8 Å². The van der Waals surface area contributed by atoms with Crippen LogP contribution < -0.4 is 5.32 Å². The van der Waals surface area contributed by atoms with Crippen molar-refractivity contribution in [2.24, 2.45) is 0 Å². The third kappa shape index (κ3) is 1.19. The molecule has 0 radical (unpaired) electrons. The number of aromatic hydroxyl groups is 1. The standard InChI is InChI=1S/C9H7NO4/c11-7-3-6-4(2-8(12)10-6)1-5(7)9(13)14/h1,3,11H,2H2,(H,10,12)(H,13,14). The number of rotatable bonds is 1. The molecule has 2 rings (SSSR count). The number of aromatic carboxylic acids is 1. The number of phenols is 1. The van der Waals surface area contributed by atoms with Gasteiger partial charge in [-0.2, -0.15) is 0 Å². The minimum absolute atomic E-state index is 0.163. The quantitative estimate of drug-likeness (QED) is 0.609. The number of nitrogens with one attached hydrogen (secondary N) is 1. The molecule has 1 aromatic rings. The first-order valence-electron chi connectivity index (χ1n) is 3.97. The highest BCUT2D eigenvalue weighted by atomic mass is 16.4. The highest BCUT2D eigenvalue weighted by molar-refractivity contribution is 6.01. The van der Waals surface area contributed by atoms with E-state index < -0.39 is 5.97 Å². The first-order chi connectivity index (χ1) is 6.58. The third-order valence-electron chi connectivity index (χ3n) is 2.08. The topological polar surface area (TPSA) is 86.6 Å². The number of benzene rings is 1. The largest absolute Gasteiger partial charge is 0.507 e. The lowest BCUT2D eigenvalue weighted by molar-refractivity contribution is -0.115. The number of carbonyl (C=O) groups is 2. The predicted molar refractivity (Wildman–Crippen MR) is 47.4 cm³/mol. The van der Waals surface area contributed by atoms with E-state index in [4.69, 9.17) is 5.11 Å². The number of amides is 1. The molecule has 0 aromatic heterocycles. The summed E-state index contributed by atoms with van der Waals surface area (Å²) in [6.45, 7) is 0. The lowest BCUT2D eigenvalue weighted by Crippen LogP contribution is -2.03. The molecule has 72 valence electrons. The fourth-order valence-corrected chi connectivity index (χ4v) is 1.43. The van der Waals surface area contributed by atoms with Gasteiger partial charge in [0.25, 0.3) is 0 Å². The van der Waals surface area contributed by atoms with Gasteiger partial charge < -0.3 is 15.5 Å². The van der Waals surface area contributed by atoms with Crippen molar-refractivity contribution in [1.29, 1.82) is 0 Å². The van der Waals surface area contributed by atoms with E-state index >= 15 is 0 Å². The summed E-state index contributed by atoms with van der Waals surface area (Å²) in [6, 6.07) is 2.56. The van der Waals surface area contributed by atoms with Crippen molar-refractivity contribution >= 4 is 17.6 Å². The Morgan fingerprint density at radius 1 is 1.43 bits per heavy atom. The van der Waals surface area contributed by atoms with Crippen molar-refractivity contribution in [3.05, 3.63) is 23.3 Å². The average Bonchev–Trinajstić information content (AvgIpc) is 2.42. The smallest absolute Gasteiger partial charge is 0.339 e. The summed E-state index contributed by atoms with van der Waals surface area (Å²) in [5, 5.41) is 20.5. The Kier molecular flexibility index (Phi) is 1.67. The van der Waals surface area contributed by atoms with Crippen LogP contribution in [-0.2, 0) is 11.2 Å². The molecule has 0 aliphatic carbocycles. The Hall–Kier alpha value is -2.04. The van der Waals surface area contributed by atoms with Crippen LogP contribution in [0.15, 0.2) is 12.1 Å². The molecule has 5 heteroatoms. The maximum Gasteiger partial charge on any atom is 0.339 e. The molecule has 0 unspecified atom stereocenters. The van der Waals surface area contributed by atoms with Crippen LogP contribution in [0.5, 0.6) is 5.75 Å². The molecule has 0 saturated heterocycles. The van der Waals surface area contributed by atoms with Gasteiger partial charge in [-0.05, 0) is 11.6 Å². The fourth-order valence-electron chi connectivity index (χ4n) is 1.43. The molecule has 0 bridgehead atoms. The van der Waals surface area contributed by atoms with Crippen molar-refractivity contribution in [3.63, 3.8) is 0 Å². The van der Waals surface area contributed by atoms with Crippen molar-refractivity contribution in [2.75, 3.05) is 5.32 Å². The molecule has 0 atom stereocenters. The van der Waals surface area contributed by atoms with Crippen LogP contribution in [0, 0.1) is 0 Å². The van der Waals surface area contributed by atoms with E-state index in [-0.39, 0.29) is 23.6 Å². The Labute approximate surface area is 79.0 Å². The van der Waals surface area contributed by atoms with Gasteiger partial charge in [0.2, 0.25) is 5.91 Å². The lowest BCUT2D eigenvalue weighted by atomic mass is 10.1. The predicted octanol–water partition coefficient (Wildman–Crippen LogP) is 0.585. The van der Waals surface area contributed by atoms with E-state index in [0.717, 1.165) is 0 Å². The molecule has 3 N–H and O–H groups in total. The zero-order valence-corrected chi connectivity index (χ0v) is 7.07. The second-order valence-electron chi connectivity index (χ2n) is 3.06. The van der Waals surface area contributed by atoms with Gasteiger partial charge in [0.15, 0.2) is 0 Å². The summed E-state index contributed by atoms with van der Waals surface area (Å²) in [7, 11) is 0. The molecule has 0 spiro atoms. The second kappa shape index (κ2) is 2.73. The molecule has 0 fully saturated rings. The van der Waals surface area contributed by atoms with Crippen LogP contribution in [0.2, 0.25) is 0 Å². The van der Waals surface area contributed by atoms with Gasteiger partial charge >= 0.3 is 5.97 Å². The molecule has 1 aliphatic heterocycles. The molecule has 5 nitrogen and oxygen atoms in total. The molecule has 14 heavy (non-hydrogen) atoms. The van der Waals surface area contributed by atoms with E-state index in [9.17, 15) is 14.7 Å². The first kappa shape index (κ1) is 8.55. The minimum Gasteiger partial charge on any atom is -0.507 e. The fraction of sp³-hybridized carbons (Fsp3) is 0.111. The number of hydrogen-bond acceptors (Lipinski definition) is 3. The number of fused-ring (bicyclic) bond motifs is 1. The number of carboxylic acid groups (broad SMARTS) is 1. The molecule has 1 aromatic carbocycles. The van der Waals surface area contributed by atoms with E-state index in [2.05, 4.69) is 5.32 Å². The van der Waals surface area contributed by atoms with Crippen LogP contribution in [0.4, 0.5) is 5.69 Å². The van der Waals surface area contributed by atoms with Gasteiger partial charge in [0.05, 0.1) is 6.42 Å². The summed E-state index contributed by atoms with van der Waals surface area (Å²) in [5.41, 5.74) is 0.906. The normalized spacial score (nSPS) is 13.6. The van der Waals surface area contributed by atoms with Crippen LogP contribution in [0.3, 0.4) is 0 Å². The number of hydrogen-bond donors (Lipinski definition) is 3. The molecule has 1 heterocycles. The van der Waals surface area contributed by atoms with Gasteiger partial charge in [-0.15, -0.1) is 0 Å². The van der Waals surface area contributed by atoms with Gasteiger partial charge in [0, 0.05) is 11.8 Å². The van der Waals surface area contributed by atoms with E-state index in [0.29, 0.717) is 11.3 Å². The summed E-state index contributed by atoms with van der Waals surface area (Å²) in [5.74, 6) is -1.73. The van der Waals surface area contributed by atoms with Crippen molar-refractivity contribution in [1.82, 2.24) is 0 Å². The zero-order valence-electron chi connectivity index (χ0n) is 7.07. The van der Waals surface area contributed by atoms with E-state index in [1.165, 1.54) is 12.1 Å². The Bertz CT molecular complexity index is 439.